The van der Waals surface area contributed by atoms with Gasteiger partial charge in [-0.1, -0.05) is 12.1 Å². The number of hydrogen-bond donors (Lipinski definition) is 1. The molecule has 0 bridgehead atoms. The molecule has 1 amide bonds. The average Bonchev–Trinajstić information content (AvgIpc) is 2.68. The van der Waals surface area contributed by atoms with Gasteiger partial charge in [0, 0.05) is 36.9 Å². The normalized spacial score (nSPS) is 16.4. The van der Waals surface area contributed by atoms with Crippen LogP contribution in [0, 0.1) is 0 Å². The number of nitrogens with zero attached hydrogens (tertiary/aromatic N) is 1. The predicted octanol–water partition coefficient (Wildman–Crippen LogP) is 2.79. The fourth-order valence-electron chi connectivity index (χ4n) is 3.05. The van der Waals surface area contributed by atoms with Gasteiger partial charge in [0.15, 0.2) is 0 Å². The topological polar surface area (TPSA) is 84.9 Å². The van der Waals surface area contributed by atoms with Gasteiger partial charge in [0.05, 0.1) is 31.3 Å². The Bertz CT molecular complexity index is 847. The number of hydrogen-bond acceptors (Lipinski definition) is 6. The SMILES string of the molecule is COC(=O)C1=CN(C)C(C)=C(C(=O)OC)C1c1cccc(NC(=O)CCCl)c1. The lowest BCUT2D eigenvalue weighted by atomic mass is 9.81. The van der Waals surface area contributed by atoms with Gasteiger partial charge in [0.1, 0.15) is 0 Å². The van der Waals surface area contributed by atoms with Gasteiger partial charge < -0.3 is 19.7 Å². The molecule has 1 N–H and O–H groups in total. The molecule has 1 aliphatic heterocycles. The molecule has 0 fully saturated rings. The molecule has 1 atom stereocenters. The van der Waals surface area contributed by atoms with Crippen molar-refractivity contribution in [1.82, 2.24) is 4.90 Å². The number of halogens is 1. The van der Waals surface area contributed by atoms with Crippen LogP contribution in [0.25, 0.3) is 0 Å². The van der Waals surface area contributed by atoms with Gasteiger partial charge in [-0.15, -0.1) is 11.6 Å². The summed E-state index contributed by atoms with van der Waals surface area (Å²) < 4.78 is 9.88. The summed E-state index contributed by atoms with van der Waals surface area (Å²) >= 11 is 5.60. The van der Waals surface area contributed by atoms with E-state index in [1.54, 1.807) is 49.3 Å². The molecule has 0 spiro atoms. The Morgan fingerprint density at radius 3 is 2.46 bits per heavy atom. The number of rotatable bonds is 6. The quantitative estimate of drug-likeness (QED) is 0.577. The van der Waals surface area contributed by atoms with Crippen molar-refractivity contribution in [3.8, 4) is 0 Å². The third-order valence-electron chi connectivity index (χ3n) is 4.50. The molecule has 1 heterocycles. The third kappa shape index (κ3) is 4.54. The first kappa shape index (κ1) is 21.5. The first-order chi connectivity index (χ1) is 13.3. The Kier molecular flexibility index (Phi) is 7.23. The van der Waals surface area contributed by atoms with Crippen LogP contribution in [0.4, 0.5) is 5.69 Å². The van der Waals surface area contributed by atoms with E-state index >= 15 is 0 Å². The maximum absolute atomic E-state index is 12.5. The van der Waals surface area contributed by atoms with Crippen LogP contribution in [0.15, 0.2) is 47.3 Å². The van der Waals surface area contributed by atoms with Crippen LogP contribution in [0.2, 0.25) is 0 Å². The van der Waals surface area contributed by atoms with Gasteiger partial charge in [-0.3, -0.25) is 4.79 Å². The monoisotopic (exact) mass is 406 g/mol. The van der Waals surface area contributed by atoms with Gasteiger partial charge in [-0.05, 0) is 24.6 Å². The summed E-state index contributed by atoms with van der Waals surface area (Å²) in [4.78, 5) is 38.5. The molecule has 0 aliphatic carbocycles. The molecule has 1 unspecified atom stereocenters. The van der Waals surface area contributed by atoms with E-state index in [4.69, 9.17) is 21.1 Å². The summed E-state index contributed by atoms with van der Waals surface area (Å²) in [6.07, 6.45) is 1.82. The number of anilines is 1. The van der Waals surface area contributed by atoms with Crippen LogP contribution < -0.4 is 5.32 Å². The van der Waals surface area contributed by atoms with Gasteiger partial charge in [0.2, 0.25) is 5.91 Å². The van der Waals surface area contributed by atoms with Crippen LogP contribution in [-0.4, -0.2) is 49.9 Å². The minimum Gasteiger partial charge on any atom is -0.466 e. The fourth-order valence-corrected chi connectivity index (χ4v) is 3.22. The first-order valence-electron chi connectivity index (χ1n) is 8.61. The number of allylic oxidation sites excluding steroid dienone is 1. The van der Waals surface area contributed by atoms with Gasteiger partial charge in [0.25, 0.3) is 0 Å². The Labute approximate surface area is 168 Å². The second kappa shape index (κ2) is 9.41. The zero-order valence-electron chi connectivity index (χ0n) is 16.2. The number of alkyl halides is 1. The number of benzene rings is 1. The lowest BCUT2D eigenvalue weighted by molar-refractivity contribution is -0.137. The van der Waals surface area contributed by atoms with E-state index < -0.39 is 17.9 Å². The standard InChI is InChI=1S/C20H23ClN2O5/c1-12-17(20(26)28-4)18(15(11-23(12)2)19(25)27-3)13-6-5-7-14(10-13)22-16(24)8-9-21/h5-7,10-11,18H,8-9H2,1-4H3,(H,22,24). The third-order valence-corrected chi connectivity index (χ3v) is 4.69. The van der Waals surface area contributed by atoms with Gasteiger partial charge in [-0.25, -0.2) is 9.59 Å². The van der Waals surface area contributed by atoms with E-state index in [0.29, 0.717) is 28.1 Å². The second-order valence-corrected chi connectivity index (χ2v) is 6.60. The first-order valence-corrected chi connectivity index (χ1v) is 9.15. The highest BCUT2D eigenvalue weighted by molar-refractivity contribution is 6.19. The molecular weight excluding hydrogens is 384 g/mol. The number of methoxy groups -OCH3 is 2. The number of ether oxygens (including phenoxy) is 2. The molecule has 0 saturated carbocycles. The Morgan fingerprint density at radius 1 is 1.18 bits per heavy atom. The highest BCUT2D eigenvalue weighted by atomic mass is 35.5. The molecule has 7 nitrogen and oxygen atoms in total. The lowest BCUT2D eigenvalue weighted by Crippen LogP contribution is -2.30. The highest BCUT2D eigenvalue weighted by Gasteiger charge is 2.37. The van der Waals surface area contributed by atoms with E-state index in [0.717, 1.165) is 0 Å². The largest absolute Gasteiger partial charge is 0.466 e. The van der Waals surface area contributed by atoms with E-state index in [-0.39, 0.29) is 18.2 Å². The highest BCUT2D eigenvalue weighted by Crippen LogP contribution is 2.40. The van der Waals surface area contributed by atoms with E-state index in [2.05, 4.69) is 5.32 Å². The van der Waals surface area contributed by atoms with Crippen molar-refractivity contribution in [2.75, 3.05) is 32.5 Å². The Balaban J connectivity index is 2.56. The summed E-state index contributed by atoms with van der Waals surface area (Å²) in [5.41, 5.74) is 2.46. The molecular formula is C20H23ClN2O5. The zero-order valence-corrected chi connectivity index (χ0v) is 17.0. The minimum absolute atomic E-state index is 0.180. The molecule has 0 radical (unpaired) electrons. The maximum Gasteiger partial charge on any atom is 0.336 e. The summed E-state index contributed by atoms with van der Waals surface area (Å²) in [6.45, 7) is 1.77. The van der Waals surface area contributed by atoms with Crippen molar-refractivity contribution < 1.29 is 23.9 Å². The summed E-state index contributed by atoms with van der Waals surface area (Å²) in [6, 6.07) is 6.96. The predicted molar refractivity (Wildman–Crippen MR) is 106 cm³/mol. The smallest absolute Gasteiger partial charge is 0.336 e. The van der Waals surface area contributed by atoms with E-state index in [1.807, 2.05) is 0 Å². The second-order valence-electron chi connectivity index (χ2n) is 6.22. The van der Waals surface area contributed by atoms with Crippen LogP contribution in [0.1, 0.15) is 24.8 Å². The number of amides is 1. The van der Waals surface area contributed by atoms with Crippen molar-refractivity contribution in [3.05, 3.63) is 52.9 Å². The van der Waals surface area contributed by atoms with E-state index in [1.165, 1.54) is 14.2 Å². The number of esters is 2. The molecule has 8 heteroatoms. The number of carbonyl (C=O) groups is 3. The Morgan fingerprint density at radius 2 is 1.86 bits per heavy atom. The van der Waals surface area contributed by atoms with Crippen LogP contribution in [0.5, 0.6) is 0 Å². The summed E-state index contributed by atoms with van der Waals surface area (Å²) in [5.74, 6) is -1.80. The molecule has 28 heavy (non-hydrogen) atoms. The average molecular weight is 407 g/mol. The molecule has 150 valence electrons. The van der Waals surface area contributed by atoms with Crippen molar-refractivity contribution >= 4 is 35.1 Å². The van der Waals surface area contributed by atoms with Crippen molar-refractivity contribution in [2.45, 2.75) is 19.3 Å². The molecule has 1 aromatic rings. The van der Waals surface area contributed by atoms with Crippen LogP contribution in [-0.2, 0) is 23.9 Å². The molecule has 2 rings (SSSR count). The fraction of sp³-hybridized carbons (Fsp3) is 0.350. The van der Waals surface area contributed by atoms with Crippen molar-refractivity contribution in [3.63, 3.8) is 0 Å². The Hall–Kier alpha value is -2.80. The molecule has 1 aromatic carbocycles. The molecule has 1 aliphatic rings. The van der Waals surface area contributed by atoms with E-state index in [9.17, 15) is 14.4 Å². The maximum atomic E-state index is 12.5. The number of nitrogens with one attached hydrogen (secondary N) is 1. The lowest BCUT2D eigenvalue weighted by Gasteiger charge is -2.32. The summed E-state index contributed by atoms with van der Waals surface area (Å²) in [7, 11) is 4.31. The van der Waals surface area contributed by atoms with Crippen LogP contribution in [0.3, 0.4) is 0 Å². The number of carbonyl (C=O) groups excluding carboxylic acids is 3. The van der Waals surface area contributed by atoms with Gasteiger partial charge in [-0.2, -0.15) is 0 Å². The minimum atomic E-state index is -0.694. The molecule has 0 saturated heterocycles. The van der Waals surface area contributed by atoms with Crippen molar-refractivity contribution in [1.29, 1.82) is 0 Å². The molecule has 0 aromatic heterocycles. The van der Waals surface area contributed by atoms with Crippen molar-refractivity contribution in [2.24, 2.45) is 0 Å². The van der Waals surface area contributed by atoms with Crippen LogP contribution >= 0.6 is 11.6 Å². The summed E-state index contributed by atoms with van der Waals surface area (Å²) in [5, 5.41) is 2.76. The van der Waals surface area contributed by atoms with Gasteiger partial charge >= 0.3 is 11.9 Å². The zero-order chi connectivity index (χ0) is 20.8.